The van der Waals surface area contributed by atoms with E-state index in [1.807, 2.05) is 11.3 Å². The van der Waals surface area contributed by atoms with Gasteiger partial charge >= 0.3 is 0 Å². The van der Waals surface area contributed by atoms with Gasteiger partial charge in [0.2, 0.25) is 0 Å². The second kappa shape index (κ2) is 7.26. The lowest BCUT2D eigenvalue weighted by atomic mass is 9.88. The van der Waals surface area contributed by atoms with Crippen LogP contribution in [0.4, 0.5) is 0 Å². The summed E-state index contributed by atoms with van der Waals surface area (Å²) in [5.41, 5.74) is 6.33. The largest absolute Gasteiger partial charge is 0.329 e. The lowest BCUT2D eigenvalue weighted by Gasteiger charge is -2.32. The fraction of sp³-hybridized carbons (Fsp3) is 0.778. The second-order valence-corrected chi connectivity index (χ2v) is 8.76. The second-order valence-electron chi connectivity index (χ2n) is 7.65. The summed E-state index contributed by atoms with van der Waals surface area (Å²) in [4.78, 5) is 5.39. The number of likely N-dealkylation sites (N-methyl/N-ethyl adjacent to an activating group) is 1. The van der Waals surface area contributed by atoms with Crippen molar-refractivity contribution in [1.82, 2.24) is 4.90 Å². The maximum absolute atomic E-state index is 6.09. The summed E-state index contributed by atoms with van der Waals surface area (Å²) in [7, 11) is 2.25. The van der Waals surface area contributed by atoms with E-state index in [2.05, 4.69) is 44.9 Å². The molecule has 0 aliphatic heterocycles. The van der Waals surface area contributed by atoms with Crippen LogP contribution in [-0.2, 0) is 5.41 Å². The van der Waals surface area contributed by atoms with Crippen LogP contribution in [0.5, 0.6) is 0 Å². The quantitative estimate of drug-likeness (QED) is 0.864. The molecule has 2 nitrogen and oxygen atoms in total. The van der Waals surface area contributed by atoms with E-state index in [0.717, 1.165) is 5.92 Å². The molecule has 1 heterocycles. The first-order valence-electron chi connectivity index (χ1n) is 8.42. The number of thiophene rings is 1. The highest BCUT2D eigenvalue weighted by molar-refractivity contribution is 7.12. The summed E-state index contributed by atoms with van der Waals surface area (Å²) < 4.78 is 0. The minimum Gasteiger partial charge on any atom is -0.329 e. The van der Waals surface area contributed by atoms with Gasteiger partial charge in [-0.05, 0) is 43.4 Å². The first-order chi connectivity index (χ1) is 9.91. The highest BCUT2D eigenvalue weighted by Crippen LogP contribution is 2.34. The van der Waals surface area contributed by atoms with Crippen molar-refractivity contribution in [2.75, 3.05) is 20.1 Å². The third-order valence-electron chi connectivity index (χ3n) is 4.72. The summed E-state index contributed by atoms with van der Waals surface area (Å²) in [6.45, 7) is 8.77. The van der Waals surface area contributed by atoms with Gasteiger partial charge in [-0.2, -0.15) is 0 Å². The van der Waals surface area contributed by atoms with E-state index in [1.165, 1.54) is 48.4 Å². The molecule has 21 heavy (non-hydrogen) atoms. The van der Waals surface area contributed by atoms with E-state index in [0.29, 0.717) is 12.6 Å². The average molecular weight is 309 g/mol. The van der Waals surface area contributed by atoms with Crippen LogP contribution < -0.4 is 5.73 Å². The van der Waals surface area contributed by atoms with Gasteiger partial charge in [0.1, 0.15) is 0 Å². The standard InChI is InChI=1S/C18H32N2S/c1-18(2,3)17-11-10-16(21-17)15(12-19)20(4)13-14-8-6-5-7-9-14/h10-11,14-15H,5-9,12-13,19H2,1-4H3. The van der Waals surface area contributed by atoms with Crippen LogP contribution in [0.15, 0.2) is 12.1 Å². The summed E-state index contributed by atoms with van der Waals surface area (Å²) in [6, 6.07) is 4.96. The highest BCUT2D eigenvalue weighted by atomic mass is 32.1. The third kappa shape index (κ3) is 4.54. The molecule has 0 spiro atoms. The Bertz CT molecular complexity index is 427. The van der Waals surface area contributed by atoms with Gasteiger partial charge in [0, 0.05) is 22.8 Å². The maximum Gasteiger partial charge on any atom is 0.0562 e. The van der Waals surface area contributed by atoms with Crippen molar-refractivity contribution < 1.29 is 0 Å². The van der Waals surface area contributed by atoms with Crippen molar-refractivity contribution in [3.05, 3.63) is 21.9 Å². The Morgan fingerprint density at radius 3 is 2.43 bits per heavy atom. The molecule has 3 heteroatoms. The van der Waals surface area contributed by atoms with E-state index in [1.54, 1.807) is 0 Å². The van der Waals surface area contributed by atoms with Gasteiger partial charge in [0.15, 0.2) is 0 Å². The molecule has 1 unspecified atom stereocenters. The van der Waals surface area contributed by atoms with Crippen molar-refractivity contribution >= 4 is 11.3 Å². The molecule has 0 bridgehead atoms. The molecule has 0 radical (unpaired) electrons. The van der Waals surface area contributed by atoms with Crippen molar-refractivity contribution in [2.45, 2.75) is 64.3 Å². The van der Waals surface area contributed by atoms with Crippen molar-refractivity contribution in [1.29, 1.82) is 0 Å². The maximum atomic E-state index is 6.09. The van der Waals surface area contributed by atoms with Crippen molar-refractivity contribution in [3.63, 3.8) is 0 Å². The number of nitrogens with two attached hydrogens (primary N) is 1. The summed E-state index contributed by atoms with van der Waals surface area (Å²) in [5, 5.41) is 0. The van der Waals surface area contributed by atoms with Gasteiger partial charge in [-0.1, -0.05) is 40.0 Å². The van der Waals surface area contributed by atoms with E-state index < -0.39 is 0 Å². The van der Waals surface area contributed by atoms with E-state index in [-0.39, 0.29) is 5.41 Å². The molecular weight excluding hydrogens is 276 g/mol. The predicted molar refractivity (Wildman–Crippen MR) is 94.0 cm³/mol. The SMILES string of the molecule is CN(CC1CCCCC1)C(CN)c1ccc(C(C)(C)C)s1. The molecule has 1 aliphatic rings. The molecule has 0 saturated heterocycles. The fourth-order valence-electron chi connectivity index (χ4n) is 3.35. The topological polar surface area (TPSA) is 29.3 Å². The van der Waals surface area contributed by atoms with Crippen LogP contribution in [0.3, 0.4) is 0 Å². The molecule has 1 aromatic rings. The van der Waals surface area contributed by atoms with Crippen LogP contribution in [0, 0.1) is 5.92 Å². The van der Waals surface area contributed by atoms with Gasteiger partial charge in [0.25, 0.3) is 0 Å². The number of rotatable bonds is 5. The zero-order valence-corrected chi connectivity index (χ0v) is 15.0. The number of hydrogen-bond donors (Lipinski definition) is 1. The Morgan fingerprint density at radius 2 is 1.90 bits per heavy atom. The molecule has 120 valence electrons. The average Bonchev–Trinajstić information content (AvgIpc) is 2.90. The van der Waals surface area contributed by atoms with E-state index >= 15 is 0 Å². The zero-order valence-electron chi connectivity index (χ0n) is 14.2. The number of nitrogens with zero attached hydrogens (tertiary/aromatic N) is 1. The minimum absolute atomic E-state index is 0.240. The van der Waals surface area contributed by atoms with Gasteiger partial charge in [-0.3, -0.25) is 4.90 Å². The Hall–Kier alpha value is -0.380. The van der Waals surface area contributed by atoms with Gasteiger partial charge < -0.3 is 5.73 Å². The Labute approximate surface area is 134 Å². The van der Waals surface area contributed by atoms with Crippen molar-refractivity contribution in [3.8, 4) is 0 Å². The molecule has 1 aromatic heterocycles. The molecule has 0 amide bonds. The van der Waals surface area contributed by atoms with Crippen LogP contribution in [0.25, 0.3) is 0 Å². The molecule has 0 aromatic carbocycles. The molecule has 1 saturated carbocycles. The zero-order chi connectivity index (χ0) is 15.5. The van der Waals surface area contributed by atoms with Gasteiger partial charge in [-0.15, -0.1) is 11.3 Å². The summed E-state index contributed by atoms with van der Waals surface area (Å²) >= 11 is 1.94. The van der Waals surface area contributed by atoms with Crippen LogP contribution >= 0.6 is 11.3 Å². The monoisotopic (exact) mass is 308 g/mol. The molecule has 2 rings (SSSR count). The molecule has 1 aliphatic carbocycles. The summed E-state index contributed by atoms with van der Waals surface area (Å²) in [5.74, 6) is 0.875. The smallest absolute Gasteiger partial charge is 0.0562 e. The Morgan fingerprint density at radius 1 is 1.24 bits per heavy atom. The molecule has 1 fully saturated rings. The Balaban J connectivity index is 2.02. The van der Waals surface area contributed by atoms with E-state index in [9.17, 15) is 0 Å². The number of hydrogen-bond acceptors (Lipinski definition) is 3. The minimum atomic E-state index is 0.240. The molecular formula is C18H32N2S. The summed E-state index contributed by atoms with van der Waals surface area (Å²) in [6.07, 6.45) is 7.07. The lowest BCUT2D eigenvalue weighted by Crippen LogP contribution is -2.34. The van der Waals surface area contributed by atoms with Crippen LogP contribution in [-0.4, -0.2) is 25.0 Å². The predicted octanol–water partition coefficient (Wildman–Crippen LogP) is 4.56. The Kier molecular flexibility index (Phi) is 5.87. The van der Waals surface area contributed by atoms with Crippen LogP contribution in [0.2, 0.25) is 0 Å². The van der Waals surface area contributed by atoms with Crippen LogP contribution in [0.1, 0.15) is 68.7 Å². The van der Waals surface area contributed by atoms with E-state index in [4.69, 9.17) is 5.73 Å². The highest BCUT2D eigenvalue weighted by Gasteiger charge is 2.24. The first-order valence-corrected chi connectivity index (χ1v) is 9.24. The van der Waals surface area contributed by atoms with Crippen molar-refractivity contribution in [2.24, 2.45) is 11.7 Å². The molecule has 1 atom stereocenters. The van der Waals surface area contributed by atoms with Gasteiger partial charge in [0.05, 0.1) is 6.04 Å². The fourth-order valence-corrected chi connectivity index (χ4v) is 4.60. The first kappa shape index (κ1) is 17.0. The van der Waals surface area contributed by atoms with Gasteiger partial charge in [-0.25, -0.2) is 0 Å². The lowest BCUT2D eigenvalue weighted by molar-refractivity contribution is 0.188. The molecule has 2 N–H and O–H groups in total. The third-order valence-corrected chi connectivity index (χ3v) is 6.33. The normalized spacial score (nSPS) is 19.1.